The molecule has 2 bridgehead atoms. The van der Waals surface area contributed by atoms with Crippen molar-refractivity contribution in [1.29, 1.82) is 0 Å². The van der Waals surface area contributed by atoms with E-state index in [2.05, 4.69) is 158 Å². The minimum absolute atomic E-state index is 0.419. The molecule has 0 saturated carbocycles. The van der Waals surface area contributed by atoms with E-state index in [1.54, 1.807) is 0 Å². The molecule has 4 nitrogen and oxygen atoms in total. The Morgan fingerprint density at radius 3 is 1.88 bits per heavy atom. The molecular weight excluding hydrogens is 729 g/mol. The first kappa shape index (κ1) is 39.0. The smallest absolute Gasteiger partial charge is 0.106 e. The van der Waals surface area contributed by atoms with Gasteiger partial charge in [0.1, 0.15) is 6.54 Å². The van der Waals surface area contributed by atoms with Crippen LogP contribution in [-0.4, -0.2) is 51.6 Å². The van der Waals surface area contributed by atoms with Gasteiger partial charge in [0.25, 0.3) is 0 Å². The van der Waals surface area contributed by atoms with Gasteiger partial charge in [-0.3, -0.25) is 14.9 Å². The van der Waals surface area contributed by atoms with Crippen molar-refractivity contribution in [2.45, 2.75) is 76.9 Å². The number of nitrogens with zero attached hydrogens (tertiary/aromatic N) is 4. The number of pyridine rings is 2. The van der Waals surface area contributed by atoms with E-state index in [0.717, 1.165) is 41.7 Å². The van der Waals surface area contributed by atoms with Crippen molar-refractivity contribution in [3.8, 4) is 0 Å². The Bertz CT molecular complexity index is 2630. The number of quaternary nitrogens is 1. The molecule has 4 aliphatic rings. The van der Waals surface area contributed by atoms with Crippen LogP contribution in [0.3, 0.4) is 0 Å². The van der Waals surface area contributed by atoms with Crippen LogP contribution in [0.15, 0.2) is 147 Å². The first-order valence-corrected chi connectivity index (χ1v) is 22.9. The van der Waals surface area contributed by atoms with Crippen LogP contribution in [0.2, 0.25) is 0 Å². The van der Waals surface area contributed by atoms with E-state index in [9.17, 15) is 0 Å². The Kier molecular flexibility index (Phi) is 10.6. The van der Waals surface area contributed by atoms with Crippen molar-refractivity contribution in [2.24, 2.45) is 23.7 Å². The number of piperidine rings is 4. The van der Waals surface area contributed by atoms with Crippen molar-refractivity contribution in [3.05, 3.63) is 169 Å². The van der Waals surface area contributed by atoms with Gasteiger partial charge in [0, 0.05) is 66.5 Å². The second-order valence-corrected chi connectivity index (χ2v) is 18.9. The van der Waals surface area contributed by atoms with Crippen molar-refractivity contribution >= 4 is 43.4 Å². The summed E-state index contributed by atoms with van der Waals surface area (Å²) < 4.78 is 1.13. The lowest BCUT2D eigenvalue weighted by molar-refractivity contribution is -0.982. The normalized spacial score (nSPS) is 25.5. The molecule has 6 heterocycles. The fourth-order valence-electron chi connectivity index (χ4n) is 12.6. The van der Waals surface area contributed by atoms with Crippen molar-refractivity contribution in [3.63, 3.8) is 0 Å². The molecule has 60 heavy (non-hydrogen) atoms. The van der Waals surface area contributed by atoms with Gasteiger partial charge >= 0.3 is 0 Å². The standard InChI is InChI=1S/C56H61N4/c1-5-40-34-59(31-27-42(40)24-23-38(3)44-25-29-57-54-21-13-11-19-50(44)54)35-52-46-15-7-9-17-48(46)53(49-18-10-8-16-47(49)52)37-60-32-28-43(41(6-2)36-60)33-56(60)39(4)45-26-30-58-55-22-14-12-20-51(45)55/h5-22,25-26,29-30,38-43,56H,1-2,23-24,27-28,31-37H2,3-4H3/q+1/t38-,39-,40-,41-,42?,43?,56?,60+/m0/s1. The van der Waals surface area contributed by atoms with E-state index in [-0.39, 0.29) is 0 Å². The summed E-state index contributed by atoms with van der Waals surface area (Å²) in [5.41, 5.74) is 8.10. The second-order valence-electron chi connectivity index (χ2n) is 18.9. The number of aromatic nitrogens is 2. The Hall–Kier alpha value is -5.16. The van der Waals surface area contributed by atoms with E-state index < -0.39 is 0 Å². The highest BCUT2D eigenvalue weighted by molar-refractivity contribution is 6.05. The van der Waals surface area contributed by atoms with Crippen molar-refractivity contribution < 1.29 is 4.48 Å². The molecule has 4 heteroatoms. The van der Waals surface area contributed by atoms with Gasteiger partial charge in [0.2, 0.25) is 0 Å². The molecule has 0 N–H and O–H groups in total. The van der Waals surface area contributed by atoms with Gasteiger partial charge in [-0.1, -0.05) is 111 Å². The summed E-state index contributed by atoms with van der Waals surface area (Å²) in [6.45, 7) is 20.3. The molecule has 3 unspecified atom stereocenters. The van der Waals surface area contributed by atoms with Crippen LogP contribution in [0.25, 0.3) is 43.4 Å². The summed E-state index contributed by atoms with van der Waals surface area (Å²) in [7, 11) is 0. The SMILES string of the molecule is C=C[C@H]1CN(Cc2c3ccccc3c(C[N@+]34CCC(CC3[C@@H](C)c3ccnc5ccccc35)[C@@H](C=C)C4)c3ccccc23)CCC1CC[C@H](C)c1ccnc2ccccc12. The van der Waals surface area contributed by atoms with Crippen LogP contribution in [0.5, 0.6) is 0 Å². The minimum atomic E-state index is 0.419. The first-order valence-electron chi connectivity index (χ1n) is 22.9. The number of rotatable bonds is 12. The highest BCUT2D eigenvalue weighted by Crippen LogP contribution is 2.50. The summed E-state index contributed by atoms with van der Waals surface area (Å²) in [5.74, 6) is 3.34. The van der Waals surface area contributed by atoms with Gasteiger partial charge in [0.15, 0.2) is 0 Å². The number of likely N-dealkylation sites (tertiary alicyclic amines) is 1. The van der Waals surface area contributed by atoms with E-state index in [1.807, 2.05) is 12.4 Å². The predicted octanol–water partition coefficient (Wildman–Crippen LogP) is 13.0. The molecule has 4 fully saturated rings. The molecule has 4 aliphatic heterocycles. The zero-order valence-corrected chi connectivity index (χ0v) is 35.7. The summed E-state index contributed by atoms with van der Waals surface area (Å²) in [6, 6.07) is 41.2. The molecule has 5 aromatic carbocycles. The number of hydrogen-bond acceptors (Lipinski definition) is 3. The van der Waals surface area contributed by atoms with Gasteiger partial charge < -0.3 is 4.48 Å². The van der Waals surface area contributed by atoms with Crippen LogP contribution >= 0.6 is 0 Å². The third kappa shape index (κ3) is 6.96. The van der Waals surface area contributed by atoms with Crippen molar-refractivity contribution in [2.75, 3.05) is 26.2 Å². The highest BCUT2D eigenvalue weighted by Gasteiger charge is 2.53. The minimum Gasteiger partial charge on any atom is -0.316 e. The number of fused-ring (bicyclic) bond motifs is 7. The fourth-order valence-corrected chi connectivity index (χ4v) is 12.6. The van der Waals surface area contributed by atoms with Crippen LogP contribution in [0, 0.1) is 23.7 Å². The predicted molar refractivity (Wildman–Crippen MR) is 252 cm³/mol. The molecule has 304 valence electrons. The largest absolute Gasteiger partial charge is 0.316 e. The van der Waals surface area contributed by atoms with E-state index in [1.165, 1.54) is 99.8 Å². The topological polar surface area (TPSA) is 29.0 Å². The lowest BCUT2D eigenvalue weighted by Crippen LogP contribution is -2.67. The van der Waals surface area contributed by atoms with Crippen molar-refractivity contribution in [1.82, 2.24) is 14.9 Å². The fraction of sp³-hybridized carbons (Fsp3) is 0.357. The zero-order chi connectivity index (χ0) is 40.8. The molecule has 8 atom stereocenters. The molecule has 11 rings (SSSR count). The third-order valence-corrected chi connectivity index (χ3v) is 15.8. The van der Waals surface area contributed by atoms with E-state index in [4.69, 9.17) is 4.98 Å². The Morgan fingerprint density at radius 2 is 1.25 bits per heavy atom. The van der Waals surface area contributed by atoms with Crippen LogP contribution in [0.4, 0.5) is 0 Å². The first-order chi connectivity index (χ1) is 29.4. The average molecular weight is 790 g/mol. The molecule has 7 aromatic rings. The lowest BCUT2D eigenvalue weighted by Gasteiger charge is -2.59. The van der Waals surface area contributed by atoms with Gasteiger partial charge in [-0.15, -0.1) is 13.2 Å². The number of hydrogen-bond donors (Lipinski definition) is 0. The Balaban J connectivity index is 0.942. The molecule has 2 aromatic heterocycles. The summed E-state index contributed by atoms with van der Waals surface area (Å²) in [4.78, 5) is 12.1. The summed E-state index contributed by atoms with van der Waals surface area (Å²) in [6.07, 6.45) is 14.7. The average Bonchev–Trinajstić information content (AvgIpc) is 3.31. The monoisotopic (exact) mass is 789 g/mol. The quantitative estimate of drug-likeness (QED) is 0.0701. The van der Waals surface area contributed by atoms with E-state index in [0.29, 0.717) is 41.5 Å². The maximum atomic E-state index is 4.76. The molecule has 4 saturated heterocycles. The number of para-hydroxylation sites is 2. The van der Waals surface area contributed by atoms with Gasteiger partial charge in [0.05, 0.1) is 30.2 Å². The molecule has 0 amide bonds. The summed E-state index contributed by atoms with van der Waals surface area (Å²) in [5, 5.41) is 8.34. The Labute approximate surface area is 357 Å². The molecular formula is C56H61N4+. The highest BCUT2D eigenvalue weighted by atomic mass is 15.4. The van der Waals surface area contributed by atoms with Gasteiger partial charge in [-0.05, 0) is 112 Å². The van der Waals surface area contributed by atoms with E-state index >= 15 is 0 Å². The van der Waals surface area contributed by atoms with Gasteiger partial charge in [-0.2, -0.15) is 0 Å². The maximum absolute atomic E-state index is 4.76. The van der Waals surface area contributed by atoms with Crippen LogP contribution in [-0.2, 0) is 13.1 Å². The maximum Gasteiger partial charge on any atom is 0.106 e. The molecule has 0 aliphatic carbocycles. The number of benzene rings is 5. The van der Waals surface area contributed by atoms with Crippen LogP contribution in [0.1, 0.15) is 80.0 Å². The third-order valence-electron chi connectivity index (χ3n) is 15.8. The lowest BCUT2D eigenvalue weighted by atomic mass is 9.69. The second kappa shape index (κ2) is 16.4. The molecule has 0 spiro atoms. The van der Waals surface area contributed by atoms with Gasteiger partial charge in [-0.25, -0.2) is 0 Å². The zero-order valence-electron chi connectivity index (χ0n) is 35.7. The molecule has 0 radical (unpaired) electrons. The Morgan fingerprint density at radius 1 is 0.683 bits per heavy atom. The summed E-state index contributed by atoms with van der Waals surface area (Å²) >= 11 is 0. The van der Waals surface area contributed by atoms with Crippen LogP contribution < -0.4 is 0 Å².